The topological polar surface area (TPSA) is 52.2 Å². The Labute approximate surface area is 143 Å². The average molecular weight is 334 g/mol. The van der Waals surface area contributed by atoms with Gasteiger partial charge in [0.15, 0.2) is 0 Å². The highest BCUT2D eigenvalue weighted by molar-refractivity contribution is 5.91. The van der Waals surface area contributed by atoms with Gasteiger partial charge in [0, 0.05) is 47.9 Å². The van der Waals surface area contributed by atoms with Crippen molar-refractivity contribution in [3.8, 4) is 22.4 Å². The average Bonchev–Trinajstić information content (AvgIpc) is 3.02. The number of fused-ring (bicyclic) bond motifs is 1. The van der Waals surface area contributed by atoms with E-state index in [1.54, 1.807) is 58.1 Å². The molecule has 4 aromatic rings. The van der Waals surface area contributed by atoms with Crippen molar-refractivity contribution < 1.29 is 4.39 Å². The fraction of sp³-hybridized carbons (Fsp3) is 0.105. The van der Waals surface area contributed by atoms with Crippen LogP contribution < -0.4 is 5.56 Å². The van der Waals surface area contributed by atoms with E-state index in [2.05, 4.69) is 10.1 Å². The summed E-state index contributed by atoms with van der Waals surface area (Å²) in [5.41, 5.74) is 3.15. The molecule has 0 spiro atoms. The molecule has 0 aliphatic heterocycles. The standard InChI is InChI=1S/C19H15FN4O/c1-2-23-12-13(7-8-17(23)25)18-16-11-21-9-10-24(16)22-19(18)14-5-3-4-6-15(14)20/h3-12H,2H2,1H3. The lowest BCUT2D eigenvalue weighted by atomic mass is 10.0. The molecule has 0 fully saturated rings. The maximum absolute atomic E-state index is 14.4. The highest BCUT2D eigenvalue weighted by Gasteiger charge is 2.19. The molecule has 0 atom stereocenters. The van der Waals surface area contributed by atoms with Crippen molar-refractivity contribution >= 4 is 5.52 Å². The number of hydrogen-bond acceptors (Lipinski definition) is 3. The van der Waals surface area contributed by atoms with Crippen molar-refractivity contribution in [2.45, 2.75) is 13.5 Å². The van der Waals surface area contributed by atoms with Crippen LogP contribution in [-0.4, -0.2) is 19.2 Å². The second kappa shape index (κ2) is 5.98. The predicted molar refractivity (Wildman–Crippen MR) is 93.8 cm³/mol. The van der Waals surface area contributed by atoms with Gasteiger partial charge in [-0.3, -0.25) is 9.78 Å². The molecule has 1 aromatic carbocycles. The van der Waals surface area contributed by atoms with Gasteiger partial charge in [-0.2, -0.15) is 5.10 Å². The molecular formula is C19H15FN4O. The molecule has 5 nitrogen and oxygen atoms in total. The van der Waals surface area contributed by atoms with Crippen molar-refractivity contribution in [3.05, 3.63) is 77.4 Å². The maximum Gasteiger partial charge on any atom is 0.250 e. The van der Waals surface area contributed by atoms with Crippen LogP contribution in [0, 0.1) is 5.82 Å². The Balaban J connectivity index is 2.07. The number of benzene rings is 1. The van der Waals surface area contributed by atoms with Crippen molar-refractivity contribution in [1.82, 2.24) is 19.2 Å². The van der Waals surface area contributed by atoms with Gasteiger partial charge >= 0.3 is 0 Å². The lowest BCUT2D eigenvalue weighted by Gasteiger charge is -2.07. The third kappa shape index (κ3) is 2.52. The van der Waals surface area contributed by atoms with Crippen LogP contribution in [-0.2, 0) is 6.54 Å². The number of hydrogen-bond donors (Lipinski definition) is 0. The molecule has 0 aliphatic rings. The van der Waals surface area contributed by atoms with Crippen molar-refractivity contribution in [2.75, 3.05) is 0 Å². The lowest BCUT2D eigenvalue weighted by molar-refractivity contribution is 0.630. The van der Waals surface area contributed by atoms with Crippen LogP contribution >= 0.6 is 0 Å². The zero-order chi connectivity index (χ0) is 17.4. The SMILES string of the molecule is CCn1cc(-c2c(-c3ccccc3F)nn3ccncc23)ccc1=O. The van der Waals surface area contributed by atoms with Crippen molar-refractivity contribution in [1.29, 1.82) is 0 Å². The molecule has 6 heteroatoms. The number of rotatable bonds is 3. The van der Waals surface area contributed by atoms with E-state index >= 15 is 0 Å². The zero-order valence-electron chi connectivity index (χ0n) is 13.6. The van der Waals surface area contributed by atoms with E-state index in [4.69, 9.17) is 0 Å². The number of nitrogens with zero attached hydrogens (tertiary/aromatic N) is 4. The Morgan fingerprint density at radius 1 is 1.16 bits per heavy atom. The third-order valence-corrected chi connectivity index (χ3v) is 4.18. The molecule has 4 rings (SSSR count). The summed E-state index contributed by atoms with van der Waals surface area (Å²) in [7, 11) is 0. The summed E-state index contributed by atoms with van der Waals surface area (Å²) in [6.45, 7) is 2.46. The van der Waals surface area contributed by atoms with Gasteiger partial charge in [0.25, 0.3) is 5.56 Å². The van der Waals surface area contributed by atoms with Gasteiger partial charge in [0.2, 0.25) is 0 Å². The highest BCUT2D eigenvalue weighted by atomic mass is 19.1. The van der Waals surface area contributed by atoms with Crippen LogP contribution in [0.5, 0.6) is 0 Å². The molecule has 25 heavy (non-hydrogen) atoms. The minimum Gasteiger partial charge on any atom is -0.315 e. The predicted octanol–water partition coefficient (Wildman–Crippen LogP) is 3.38. The molecule has 3 heterocycles. The van der Waals surface area contributed by atoms with Gasteiger partial charge in [-0.05, 0) is 25.1 Å². The van der Waals surface area contributed by atoms with E-state index < -0.39 is 0 Å². The number of pyridine rings is 1. The monoisotopic (exact) mass is 334 g/mol. The van der Waals surface area contributed by atoms with Gasteiger partial charge < -0.3 is 4.57 Å². The molecule has 0 amide bonds. The summed E-state index contributed by atoms with van der Waals surface area (Å²) in [5, 5.41) is 4.55. The van der Waals surface area contributed by atoms with Gasteiger partial charge in [-0.25, -0.2) is 8.91 Å². The first kappa shape index (κ1) is 15.3. The molecule has 0 saturated carbocycles. The molecule has 0 bridgehead atoms. The Kier molecular flexibility index (Phi) is 3.65. The van der Waals surface area contributed by atoms with Crippen molar-refractivity contribution in [2.24, 2.45) is 0 Å². The first-order chi connectivity index (χ1) is 12.2. The second-order valence-electron chi connectivity index (χ2n) is 5.65. The second-order valence-corrected chi connectivity index (χ2v) is 5.65. The summed E-state index contributed by atoms with van der Waals surface area (Å²) < 4.78 is 17.7. The summed E-state index contributed by atoms with van der Waals surface area (Å²) in [6, 6.07) is 9.79. The molecule has 0 N–H and O–H groups in total. The molecule has 0 radical (unpaired) electrons. The first-order valence-corrected chi connectivity index (χ1v) is 7.97. The van der Waals surface area contributed by atoms with Crippen molar-refractivity contribution in [3.63, 3.8) is 0 Å². The molecule has 0 unspecified atom stereocenters. The Hall–Kier alpha value is -3.28. The highest BCUT2D eigenvalue weighted by Crippen LogP contribution is 2.35. The Bertz CT molecular complexity index is 1130. The molecule has 124 valence electrons. The molecule has 0 aliphatic carbocycles. The number of halogens is 1. The number of aryl methyl sites for hydroxylation is 1. The largest absolute Gasteiger partial charge is 0.315 e. The molecular weight excluding hydrogens is 319 g/mol. The van der Waals surface area contributed by atoms with Crippen LogP contribution in [0.2, 0.25) is 0 Å². The third-order valence-electron chi connectivity index (χ3n) is 4.18. The van der Waals surface area contributed by atoms with E-state index in [-0.39, 0.29) is 11.4 Å². The summed E-state index contributed by atoms with van der Waals surface area (Å²) >= 11 is 0. The normalized spacial score (nSPS) is 11.1. The maximum atomic E-state index is 14.4. The molecule has 3 aromatic heterocycles. The van der Waals surface area contributed by atoms with E-state index in [0.717, 1.165) is 16.6 Å². The van der Waals surface area contributed by atoms with Gasteiger partial charge in [-0.15, -0.1) is 0 Å². The summed E-state index contributed by atoms with van der Waals surface area (Å²) in [5.74, 6) is -0.344. The fourth-order valence-electron chi connectivity index (χ4n) is 2.95. The first-order valence-electron chi connectivity index (χ1n) is 7.97. The van der Waals surface area contributed by atoms with Gasteiger partial charge in [-0.1, -0.05) is 12.1 Å². The van der Waals surface area contributed by atoms with E-state index in [9.17, 15) is 9.18 Å². The van der Waals surface area contributed by atoms with Crippen LogP contribution in [0.3, 0.4) is 0 Å². The van der Waals surface area contributed by atoms with Crippen LogP contribution in [0.4, 0.5) is 4.39 Å². The molecule has 0 saturated heterocycles. The van der Waals surface area contributed by atoms with Crippen LogP contribution in [0.1, 0.15) is 6.92 Å². The Morgan fingerprint density at radius 3 is 2.80 bits per heavy atom. The lowest BCUT2D eigenvalue weighted by Crippen LogP contribution is -2.17. The van der Waals surface area contributed by atoms with E-state index in [1.807, 2.05) is 6.92 Å². The zero-order valence-corrected chi connectivity index (χ0v) is 13.6. The number of aromatic nitrogens is 4. The quantitative estimate of drug-likeness (QED) is 0.577. The van der Waals surface area contributed by atoms with Gasteiger partial charge in [0.05, 0.1) is 11.7 Å². The summed E-state index contributed by atoms with van der Waals surface area (Å²) in [6.07, 6.45) is 6.81. The fourth-order valence-corrected chi connectivity index (χ4v) is 2.95. The summed E-state index contributed by atoms with van der Waals surface area (Å²) in [4.78, 5) is 16.1. The Morgan fingerprint density at radius 2 is 2.00 bits per heavy atom. The van der Waals surface area contributed by atoms with Crippen LogP contribution in [0.25, 0.3) is 27.9 Å². The van der Waals surface area contributed by atoms with E-state index in [1.165, 1.54) is 12.1 Å². The minimum absolute atomic E-state index is 0.0757. The van der Waals surface area contributed by atoms with Gasteiger partial charge in [0.1, 0.15) is 11.5 Å². The smallest absolute Gasteiger partial charge is 0.250 e. The van der Waals surface area contributed by atoms with E-state index in [0.29, 0.717) is 17.8 Å². The van der Waals surface area contributed by atoms with Crippen LogP contribution in [0.15, 0.2) is 66.0 Å². The minimum atomic E-state index is -0.344.